The van der Waals surface area contributed by atoms with Gasteiger partial charge in [0.1, 0.15) is 5.75 Å². The Morgan fingerprint density at radius 2 is 1.54 bits per heavy atom. The number of nitrogens with one attached hydrogen (secondary N) is 1. The van der Waals surface area contributed by atoms with E-state index in [-0.39, 0.29) is 23.9 Å². The molecule has 206 valence electrons. The summed E-state index contributed by atoms with van der Waals surface area (Å²) in [6.07, 6.45) is 0. The van der Waals surface area contributed by atoms with E-state index in [4.69, 9.17) is 4.74 Å². The van der Waals surface area contributed by atoms with E-state index < -0.39 is 15.9 Å². The Balaban J connectivity index is 1.46. The lowest BCUT2D eigenvalue weighted by atomic mass is 10.1. The highest BCUT2D eigenvalue weighted by Gasteiger charge is 2.27. The predicted octanol–water partition coefficient (Wildman–Crippen LogP) is 3.30. The van der Waals surface area contributed by atoms with Gasteiger partial charge in [0.15, 0.2) is 0 Å². The molecule has 1 N–H and O–H groups in total. The van der Waals surface area contributed by atoms with Crippen LogP contribution in [-0.2, 0) is 21.4 Å². The molecule has 0 unspecified atom stereocenters. The molecular formula is C29H34N4O5S. The summed E-state index contributed by atoms with van der Waals surface area (Å²) >= 11 is 0. The highest BCUT2D eigenvalue weighted by atomic mass is 32.2. The zero-order valence-electron chi connectivity index (χ0n) is 22.2. The van der Waals surface area contributed by atoms with Crippen LogP contribution in [-0.4, -0.2) is 80.7 Å². The first-order chi connectivity index (χ1) is 18.8. The number of amides is 2. The van der Waals surface area contributed by atoms with Crippen molar-refractivity contribution in [2.45, 2.75) is 18.4 Å². The SMILES string of the molecule is CCOc1ccc(S(=O)(=O)N(CC(=O)Nc2ccc(C(=O)N3CCN(C)CC3)cc2)Cc2ccccc2)cc1. The van der Waals surface area contributed by atoms with E-state index >= 15 is 0 Å². The number of hydrogen-bond donors (Lipinski definition) is 1. The topological polar surface area (TPSA) is 99.3 Å². The van der Waals surface area contributed by atoms with Gasteiger partial charge in [-0.2, -0.15) is 4.31 Å². The minimum atomic E-state index is -3.99. The largest absolute Gasteiger partial charge is 0.494 e. The lowest BCUT2D eigenvalue weighted by Crippen LogP contribution is -2.47. The van der Waals surface area contributed by atoms with Crippen molar-refractivity contribution in [3.05, 3.63) is 90.0 Å². The van der Waals surface area contributed by atoms with Gasteiger partial charge in [0, 0.05) is 44.0 Å². The van der Waals surface area contributed by atoms with E-state index in [1.807, 2.05) is 49.2 Å². The van der Waals surface area contributed by atoms with Crippen LogP contribution >= 0.6 is 0 Å². The fraction of sp³-hybridized carbons (Fsp3) is 0.310. The number of benzene rings is 3. The number of rotatable bonds is 10. The summed E-state index contributed by atoms with van der Waals surface area (Å²) in [7, 11) is -1.96. The number of anilines is 1. The molecule has 0 radical (unpaired) electrons. The van der Waals surface area contributed by atoms with Crippen molar-refractivity contribution < 1.29 is 22.7 Å². The van der Waals surface area contributed by atoms with E-state index in [0.717, 1.165) is 23.0 Å². The molecule has 1 aliphatic rings. The molecule has 3 aromatic carbocycles. The second-order valence-corrected chi connectivity index (χ2v) is 11.3. The molecular weight excluding hydrogens is 516 g/mol. The summed E-state index contributed by atoms with van der Waals surface area (Å²) in [4.78, 5) is 29.9. The second kappa shape index (κ2) is 12.9. The van der Waals surface area contributed by atoms with Crippen LogP contribution < -0.4 is 10.1 Å². The van der Waals surface area contributed by atoms with Crippen molar-refractivity contribution >= 4 is 27.5 Å². The molecule has 1 saturated heterocycles. The third-order valence-electron chi connectivity index (χ3n) is 6.50. The highest BCUT2D eigenvalue weighted by molar-refractivity contribution is 7.89. The third kappa shape index (κ3) is 7.44. The summed E-state index contributed by atoms with van der Waals surface area (Å²) in [6, 6.07) is 21.9. The Morgan fingerprint density at radius 3 is 2.15 bits per heavy atom. The maximum Gasteiger partial charge on any atom is 0.253 e. The number of carbonyl (C=O) groups is 2. The van der Waals surface area contributed by atoms with Gasteiger partial charge in [-0.15, -0.1) is 0 Å². The zero-order valence-corrected chi connectivity index (χ0v) is 23.1. The number of ether oxygens (including phenoxy) is 1. The molecule has 1 fully saturated rings. The van der Waals surface area contributed by atoms with Gasteiger partial charge in [0.25, 0.3) is 5.91 Å². The standard InChI is InChI=1S/C29H34N4O5S/c1-3-38-26-13-15-27(16-14-26)39(36,37)33(21-23-7-5-4-6-8-23)22-28(34)30-25-11-9-24(10-12-25)29(35)32-19-17-31(2)18-20-32/h4-16H,3,17-22H2,1-2H3,(H,30,34). The van der Waals surface area contributed by atoms with Gasteiger partial charge < -0.3 is 19.9 Å². The van der Waals surface area contributed by atoms with Gasteiger partial charge in [-0.1, -0.05) is 30.3 Å². The average molecular weight is 551 g/mol. The maximum atomic E-state index is 13.5. The number of likely N-dealkylation sites (N-methyl/N-ethyl adjacent to an activating group) is 1. The molecule has 1 aliphatic heterocycles. The Labute approximate surface area is 230 Å². The molecule has 39 heavy (non-hydrogen) atoms. The van der Waals surface area contributed by atoms with Crippen molar-refractivity contribution in [2.75, 3.05) is 51.7 Å². The Morgan fingerprint density at radius 1 is 0.897 bits per heavy atom. The number of hydrogen-bond acceptors (Lipinski definition) is 6. The van der Waals surface area contributed by atoms with Gasteiger partial charge in [-0.05, 0) is 68.1 Å². The van der Waals surface area contributed by atoms with Gasteiger partial charge >= 0.3 is 0 Å². The molecule has 0 saturated carbocycles. The monoisotopic (exact) mass is 550 g/mol. The van der Waals surface area contributed by atoms with Crippen LogP contribution in [0.4, 0.5) is 5.69 Å². The van der Waals surface area contributed by atoms with Crippen LogP contribution in [0.1, 0.15) is 22.8 Å². The van der Waals surface area contributed by atoms with Crippen molar-refractivity contribution in [3.8, 4) is 5.75 Å². The molecule has 9 nitrogen and oxygen atoms in total. The minimum absolute atomic E-state index is 0.0300. The Kier molecular flexibility index (Phi) is 9.34. The van der Waals surface area contributed by atoms with E-state index in [1.54, 1.807) is 36.4 Å². The summed E-state index contributed by atoms with van der Waals surface area (Å²) in [6.45, 7) is 4.98. The molecule has 10 heteroatoms. The average Bonchev–Trinajstić information content (AvgIpc) is 2.94. The Hall–Kier alpha value is -3.73. The first-order valence-corrected chi connectivity index (χ1v) is 14.3. The van der Waals surface area contributed by atoms with Crippen LogP contribution in [0.25, 0.3) is 0 Å². The lowest BCUT2D eigenvalue weighted by molar-refractivity contribution is -0.116. The number of piperazine rings is 1. The smallest absolute Gasteiger partial charge is 0.253 e. The van der Waals surface area contributed by atoms with Crippen molar-refractivity contribution in [2.24, 2.45) is 0 Å². The van der Waals surface area contributed by atoms with Crippen LogP contribution in [0.15, 0.2) is 83.8 Å². The predicted molar refractivity (Wildman–Crippen MR) is 150 cm³/mol. The summed E-state index contributed by atoms with van der Waals surface area (Å²) in [5.74, 6) is 0.0356. The van der Waals surface area contributed by atoms with E-state index in [2.05, 4.69) is 10.2 Å². The van der Waals surface area contributed by atoms with Crippen molar-refractivity contribution in [1.29, 1.82) is 0 Å². The highest BCUT2D eigenvalue weighted by Crippen LogP contribution is 2.22. The van der Waals surface area contributed by atoms with Crippen LogP contribution in [0.2, 0.25) is 0 Å². The lowest BCUT2D eigenvalue weighted by Gasteiger charge is -2.32. The molecule has 0 spiro atoms. The minimum Gasteiger partial charge on any atom is -0.494 e. The van der Waals surface area contributed by atoms with Crippen LogP contribution in [0.3, 0.4) is 0 Å². The first-order valence-electron chi connectivity index (χ1n) is 12.9. The fourth-order valence-electron chi connectivity index (χ4n) is 4.29. The van der Waals surface area contributed by atoms with Crippen molar-refractivity contribution in [3.63, 3.8) is 0 Å². The molecule has 3 aromatic rings. The van der Waals surface area contributed by atoms with E-state index in [9.17, 15) is 18.0 Å². The van der Waals surface area contributed by atoms with Gasteiger partial charge in [-0.3, -0.25) is 9.59 Å². The summed E-state index contributed by atoms with van der Waals surface area (Å²) in [5, 5.41) is 2.76. The van der Waals surface area contributed by atoms with Crippen LogP contribution in [0, 0.1) is 0 Å². The van der Waals surface area contributed by atoms with Gasteiger partial charge in [0.05, 0.1) is 18.0 Å². The molecule has 2 amide bonds. The summed E-state index contributed by atoms with van der Waals surface area (Å²) < 4.78 is 33.7. The van der Waals surface area contributed by atoms with E-state index in [0.29, 0.717) is 36.7 Å². The first kappa shape index (κ1) is 28.3. The van der Waals surface area contributed by atoms with Crippen molar-refractivity contribution in [1.82, 2.24) is 14.1 Å². The molecule has 0 bridgehead atoms. The van der Waals surface area contributed by atoms with Gasteiger partial charge in [-0.25, -0.2) is 8.42 Å². The molecule has 1 heterocycles. The second-order valence-electron chi connectivity index (χ2n) is 9.38. The quantitative estimate of drug-likeness (QED) is 0.416. The molecule has 0 aromatic heterocycles. The van der Waals surface area contributed by atoms with Crippen LogP contribution in [0.5, 0.6) is 5.75 Å². The van der Waals surface area contributed by atoms with E-state index in [1.165, 1.54) is 12.1 Å². The maximum absolute atomic E-state index is 13.5. The number of sulfonamides is 1. The molecule has 4 rings (SSSR count). The summed E-state index contributed by atoms with van der Waals surface area (Å²) in [5.41, 5.74) is 1.78. The fourth-order valence-corrected chi connectivity index (χ4v) is 5.67. The molecule has 0 atom stereocenters. The zero-order chi connectivity index (χ0) is 27.8. The van der Waals surface area contributed by atoms with Gasteiger partial charge in [0.2, 0.25) is 15.9 Å². The molecule has 0 aliphatic carbocycles. The third-order valence-corrected chi connectivity index (χ3v) is 8.31. The number of nitrogens with zero attached hydrogens (tertiary/aromatic N) is 3. The Bertz CT molecular complexity index is 1360. The number of carbonyl (C=O) groups excluding carboxylic acids is 2. The normalized spacial score (nSPS) is 14.3.